The maximum Gasteiger partial charge on any atom is 0.224 e. The zero-order chi connectivity index (χ0) is 11.7. The van der Waals surface area contributed by atoms with Crippen LogP contribution < -0.4 is 5.32 Å². The van der Waals surface area contributed by atoms with Gasteiger partial charge in [-0.25, -0.2) is 0 Å². The Bertz CT molecular complexity index is 389. The van der Waals surface area contributed by atoms with Gasteiger partial charge in [-0.05, 0) is 18.4 Å². The molecule has 1 aromatic rings. The molecule has 0 aromatic carbocycles. The average molecular weight is 234 g/mol. The van der Waals surface area contributed by atoms with E-state index in [1.54, 1.807) is 6.20 Å². The molecule has 0 bridgehead atoms. The molecule has 3 heterocycles. The quantitative estimate of drug-likeness (QED) is 0.806. The van der Waals surface area contributed by atoms with Crippen LogP contribution in [-0.4, -0.2) is 46.3 Å². The third kappa shape index (κ3) is 2.07. The van der Waals surface area contributed by atoms with E-state index in [1.807, 2.05) is 16.9 Å². The van der Waals surface area contributed by atoms with Gasteiger partial charge in [-0.3, -0.25) is 9.48 Å². The molecule has 2 aliphatic rings. The van der Waals surface area contributed by atoms with Crippen LogP contribution in [0.4, 0.5) is 0 Å². The number of fused-ring (bicyclic) bond motifs is 1. The predicted molar refractivity (Wildman–Crippen MR) is 63.3 cm³/mol. The van der Waals surface area contributed by atoms with Crippen LogP contribution in [0.1, 0.15) is 12.8 Å². The first-order chi connectivity index (χ1) is 8.34. The largest absolute Gasteiger partial charge is 0.338 e. The van der Waals surface area contributed by atoms with Crippen molar-refractivity contribution in [1.82, 2.24) is 20.0 Å². The maximum atomic E-state index is 12.1. The van der Waals surface area contributed by atoms with Gasteiger partial charge in [-0.15, -0.1) is 0 Å². The molecule has 2 atom stereocenters. The van der Waals surface area contributed by atoms with E-state index >= 15 is 0 Å². The molecular weight excluding hydrogens is 216 g/mol. The number of nitrogens with zero attached hydrogens (tertiary/aromatic N) is 3. The van der Waals surface area contributed by atoms with Crippen LogP contribution in [0.25, 0.3) is 0 Å². The standard InChI is InChI=1S/C12H18N4O/c17-12(3-6-15-5-1-4-14-15)16-7-2-10-8-13-9-11(10)16/h1,4-5,10-11,13H,2-3,6-9H2/t10-,11+/m0/s1. The number of carbonyl (C=O) groups excluding carboxylic acids is 1. The topological polar surface area (TPSA) is 50.2 Å². The van der Waals surface area contributed by atoms with E-state index in [4.69, 9.17) is 0 Å². The maximum absolute atomic E-state index is 12.1. The fraction of sp³-hybridized carbons (Fsp3) is 0.667. The van der Waals surface area contributed by atoms with Crippen molar-refractivity contribution in [2.45, 2.75) is 25.4 Å². The van der Waals surface area contributed by atoms with E-state index in [0.29, 0.717) is 24.9 Å². The lowest BCUT2D eigenvalue weighted by molar-refractivity contribution is -0.132. The number of likely N-dealkylation sites (tertiary alicyclic amines) is 1. The van der Waals surface area contributed by atoms with Crippen LogP contribution in [0.5, 0.6) is 0 Å². The Labute approximate surface area is 101 Å². The van der Waals surface area contributed by atoms with Gasteiger partial charge in [0.05, 0.1) is 0 Å². The van der Waals surface area contributed by atoms with Crippen LogP contribution in [0.3, 0.4) is 0 Å². The second-order valence-electron chi connectivity index (χ2n) is 4.88. The molecule has 1 aromatic heterocycles. The Morgan fingerprint density at radius 2 is 2.41 bits per heavy atom. The Hall–Kier alpha value is -1.36. The first-order valence-corrected chi connectivity index (χ1v) is 6.32. The summed E-state index contributed by atoms with van der Waals surface area (Å²) >= 11 is 0. The lowest BCUT2D eigenvalue weighted by Crippen LogP contribution is -2.39. The van der Waals surface area contributed by atoms with Crippen LogP contribution >= 0.6 is 0 Å². The summed E-state index contributed by atoms with van der Waals surface area (Å²) < 4.78 is 1.82. The molecule has 5 heteroatoms. The Morgan fingerprint density at radius 3 is 3.24 bits per heavy atom. The summed E-state index contributed by atoms with van der Waals surface area (Å²) in [7, 11) is 0. The van der Waals surface area contributed by atoms with Gasteiger partial charge >= 0.3 is 0 Å². The van der Waals surface area contributed by atoms with E-state index in [-0.39, 0.29) is 5.91 Å². The van der Waals surface area contributed by atoms with Crippen molar-refractivity contribution in [2.75, 3.05) is 19.6 Å². The molecule has 1 amide bonds. The van der Waals surface area contributed by atoms with Crippen LogP contribution in [0.15, 0.2) is 18.5 Å². The molecule has 17 heavy (non-hydrogen) atoms. The molecule has 3 rings (SSSR count). The van der Waals surface area contributed by atoms with E-state index in [0.717, 1.165) is 26.1 Å². The Morgan fingerprint density at radius 1 is 1.47 bits per heavy atom. The monoisotopic (exact) mass is 234 g/mol. The highest BCUT2D eigenvalue weighted by Crippen LogP contribution is 2.27. The number of hydrogen-bond acceptors (Lipinski definition) is 3. The van der Waals surface area contributed by atoms with Crippen molar-refractivity contribution in [1.29, 1.82) is 0 Å². The molecule has 0 unspecified atom stereocenters. The van der Waals surface area contributed by atoms with Crippen molar-refractivity contribution in [2.24, 2.45) is 5.92 Å². The van der Waals surface area contributed by atoms with Gasteiger partial charge < -0.3 is 10.2 Å². The lowest BCUT2D eigenvalue weighted by atomic mass is 10.1. The zero-order valence-electron chi connectivity index (χ0n) is 9.88. The minimum absolute atomic E-state index is 0.275. The number of carbonyl (C=O) groups is 1. The average Bonchev–Trinajstić information content (AvgIpc) is 3.02. The van der Waals surface area contributed by atoms with E-state index in [2.05, 4.69) is 15.3 Å². The molecule has 92 valence electrons. The van der Waals surface area contributed by atoms with Crippen molar-refractivity contribution in [3.8, 4) is 0 Å². The Balaban J connectivity index is 1.55. The molecule has 2 aliphatic heterocycles. The highest BCUT2D eigenvalue weighted by Gasteiger charge is 2.39. The van der Waals surface area contributed by atoms with Crippen molar-refractivity contribution in [3.63, 3.8) is 0 Å². The second-order valence-corrected chi connectivity index (χ2v) is 4.88. The smallest absolute Gasteiger partial charge is 0.224 e. The number of rotatable bonds is 3. The Kier molecular flexibility index (Phi) is 2.84. The number of amides is 1. The molecule has 1 N–H and O–H groups in total. The van der Waals surface area contributed by atoms with Crippen LogP contribution in [-0.2, 0) is 11.3 Å². The summed E-state index contributed by atoms with van der Waals surface area (Å²) in [5, 5.41) is 7.48. The number of hydrogen-bond donors (Lipinski definition) is 1. The summed E-state index contributed by atoms with van der Waals surface area (Å²) in [6.45, 7) is 3.67. The predicted octanol–water partition coefficient (Wildman–Crippen LogP) is 0.0935. The minimum Gasteiger partial charge on any atom is -0.338 e. The van der Waals surface area contributed by atoms with Gasteiger partial charge in [-0.2, -0.15) is 5.10 Å². The zero-order valence-corrected chi connectivity index (χ0v) is 9.88. The third-order valence-corrected chi connectivity index (χ3v) is 3.88. The molecule has 0 spiro atoms. The fourth-order valence-corrected chi connectivity index (χ4v) is 2.95. The summed E-state index contributed by atoms with van der Waals surface area (Å²) in [5.74, 6) is 0.959. The molecule has 0 radical (unpaired) electrons. The first kappa shape index (κ1) is 10.8. The van der Waals surface area contributed by atoms with E-state index < -0.39 is 0 Å². The summed E-state index contributed by atoms with van der Waals surface area (Å²) in [6, 6.07) is 2.33. The fourth-order valence-electron chi connectivity index (χ4n) is 2.95. The summed E-state index contributed by atoms with van der Waals surface area (Å²) in [6.07, 6.45) is 5.37. The van der Waals surface area contributed by atoms with Crippen molar-refractivity contribution in [3.05, 3.63) is 18.5 Å². The van der Waals surface area contributed by atoms with Gasteiger partial charge in [0, 0.05) is 51.0 Å². The second kappa shape index (κ2) is 4.49. The van der Waals surface area contributed by atoms with Crippen molar-refractivity contribution >= 4 is 5.91 Å². The molecule has 5 nitrogen and oxygen atoms in total. The number of aryl methyl sites for hydroxylation is 1. The molecular formula is C12H18N4O. The van der Waals surface area contributed by atoms with E-state index in [1.165, 1.54) is 0 Å². The van der Waals surface area contributed by atoms with Crippen LogP contribution in [0.2, 0.25) is 0 Å². The minimum atomic E-state index is 0.275. The number of aromatic nitrogens is 2. The SMILES string of the molecule is O=C(CCn1cccn1)N1CC[C@H]2CNC[C@H]21. The first-order valence-electron chi connectivity index (χ1n) is 6.32. The third-order valence-electron chi connectivity index (χ3n) is 3.88. The normalized spacial score (nSPS) is 27.4. The van der Waals surface area contributed by atoms with Crippen molar-refractivity contribution < 1.29 is 4.79 Å². The molecule has 2 saturated heterocycles. The molecule has 2 fully saturated rings. The van der Waals surface area contributed by atoms with Crippen LogP contribution in [0, 0.1) is 5.92 Å². The summed E-state index contributed by atoms with van der Waals surface area (Å²) in [4.78, 5) is 14.2. The van der Waals surface area contributed by atoms with Gasteiger partial charge in [0.2, 0.25) is 5.91 Å². The van der Waals surface area contributed by atoms with E-state index in [9.17, 15) is 4.79 Å². The highest BCUT2D eigenvalue weighted by molar-refractivity contribution is 5.77. The van der Waals surface area contributed by atoms with Gasteiger partial charge in [0.25, 0.3) is 0 Å². The van der Waals surface area contributed by atoms with Gasteiger partial charge in [0.1, 0.15) is 0 Å². The molecule has 0 aliphatic carbocycles. The number of nitrogens with one attached hydrogen (secondary N) is 1. The summed E-state index contributed by atoms with van der Waals surface area (Å²) in [5.41, 5.74) is 0. The van der Waals surface area contributed by atoms with Gasteiger partial charge in [-0.1, -0.05) is 0 Å². The molecule has 0 saturated carbocycles. The lowest BCUT2D eigenvalue weighted by Gasteiger charge is -2.23. The highest BCUT2D eigenvalue weighted by atomic mass is 16.2. The van der Waals surface area contributed by atoms with Gasteiger partial charge in [0.15, 0.2) is 0 Å².